The van der Waals surface area contributed by atoms with Gasteiger partial charge in [-0.2, -0.15) is 0 Å². The number of H-pyrrole nitrogens is 1. The minimum atomic E-state index is 0.347. The van der Waals surface area contributed by atoms with Crippen molar-refractivity contribution in [3.63, 3.8) is 0 Å². The first-order valence-corrected chi connectivity index (χ1v) is 5.52. The van der Waals surface area contributed by atoms with Gasteiger partial charge in [0.1, 0.15) is 0 Å². The molecule has 0 unspecified atom stereocenters. The molecule has 1 heterocycles. The molecule has 0 saturated heterocycles. The maximum Gasteiger partial charge on any atom is 0.0459 e. The third kappa shape index (κ3) is 2.23. The van der Waals surface area contributed by atoms with E-state index in [0.717, 1.165) is 6.42 Å². The average molecular weight is 201 g/mol. The maximum absolute atomic E-state index is 3.35. The molecule has 1 aromatic carbocycles. The highest BCUT2D eigenvalue weighted by Gasteiger charge is 2.14. The third-order valence-corrected chi connectivity index (χ3v) is 2.64. The maximum atomic E-state index is 3.35. The lowest BCUT2D eigenvalue weighted by molar-refractivity contribution is 0.412. The summed E-state index contributed by atoms with van der Waals surface area (Å²) in [7, 11) is 0. The van der Waals surface area contributed by atoms with Gasteiger partial charge in [0.15, 0.2) is 0 Å². The van der Waals surface area contributed by atoms with Gasteiger partial charge in [-0.15, -0.1) is 0 Å². The Bertz CT molecular complexity index is 472. The number of aryl methyl sites for hydroxylation is 1. The molecule has 80 valence electrons. The van der Waals surface area contributed by atoms with Gasteiger partial charge in [0, 0.05) is 17.1 Å². The zero-order valence-corrected chi connectivity index (χ0v) is 10.0. The predicted octanol–water partition coefficient (Wildman–Crippen LogP) is 4.06. The van der Waals surface area contributed by atoms with E-state index in [1.807, 2.05) is 0 Å². The van der Waals surface area contributed by atoms with E-state index >= 15 is 0 Å². The first-order valence-electron chi connectivity index (χ1n) is 5.52. The van der Waals surface area contributed by atoms with Crippen LogP contribution in [0.15, 0.2) is 24.4 Å². The number of nitrogens with one attached hydrogen (secondary N) is 1. The van der Waals surface area contributed by atoms with Gasteiger partial charge in [-0.1, -0.05) is 32.9 Å². The van der Waals surface area contributed by atoms with Crippen molar-refractivity contribution in [1.82, 2.24) is 4.98 Å². The van der Waals surface area contributed by atoms with E-state index in [1.165, 1.54) is 22.0 Å². The molecule has 0 spiro atoms. The highest BCUT2D eigenvalue weighted by molar-refractivity contribution is 5.83. The van der Waals surface area contributed by atoms with Gasteiger partial charge in [-0.3, -0.25) is 0 Å². The smallest absolute Gasteiger partial charge is 0.0459 e. The van der Waals surface area contributed by atoms with E-state index in [-0.39, 0.29) is 0 Å². The molecule has 2 rings (SSSR count). The van der Waals surface area contributed by atoms with Gasteiger partial charge in [0.2, 0.25) is 0 Å². The second-order valence-electron chi connectivity index (χ2n) is 5.60. The van der Waals surface area contributed by atoms with Crippen molar-refractivity contribution in [2.45, 2.75) is 34.1 Å². The van der Waals surface area contributed by atoms with E-state index in [4.69, 9.17) is 0 Å². The molecule has 0 saturated carbocycles. The molecule has 0 amide bonds. The largest absolute Gasteiger partial charge is 0.361 e. The van der Waals surface area contributed by atoms with Gasteiger partial charge in [0.05, 0.1) is 0 Å². The van der Waals surface area contributed by atoms with Crippen molar-refractivity contribution in [2.75, 3.05) is 0 Å². The Labute approximate surface area is 91.5 Å². The first-order chi connectivity index (χ1) is 6.96. The zero-order chi connectivity index (χ0) is 11.1. The Morgan fingerprint density at radius 2 is 1.93 bits per heavy atom. The fourth-order valence-electron chi connectivity index (χ4n) is 2.02. The molecule has 1 N–H and O–H groups in total. The van der Waals surface area contributed by atoms with Crippen LogP contribution in [0.5, 0.6) is 0 Å². The normalized spacial score (nSPS) is 12.3. The van der Waals surface area contributed by atoms with E-state index in [2.05, 4.69) is 57.1 Å². The van der Waals surface area contributed by atoms with Gasteiger partial charge in [0.25, 0.3) is 0 Å². The highest BCUT2D eigenvalue weighted by Crippen LogP contribution is 2.26. The summed E-state index contributed by atoms with van der Waals surface area (Å²) in [5, 5.41) is 1.37. The van der Waals surface area contributed by atoms with Gasteiger partial charge >= 0.3 is 0 Å². The number of rotatable bonds is 1. The number of hydrogen-bond donors (Lipinski definition) is 1. The van der Waals surface area contributed by atoms with Crippen molar-refractivity contribution < 1.29 is 0 Å². The van der Waals surface area contributed by atoms with E-state index in [0.29, 0.717) is 5.41 Å². The molecule has 0 aliphatic rings. The minimum absolute atomic E-state index is 0.347. The van der Waals surface area contributed by atoms with E-state index < -0.39 is 0 Å². The van der Waals surface area contributed by atoms with Crippen LogP contribution in [-0.4, -0.2) is 4.98 Å². The Balaban J connectivity index is 2.45. The monoisotopic (exact) mass is 201 g/mol. The Morgan fingerprint density at radius 3 is 2.60 bits per heavy atom. The fourth-order valence-corrected chi connectivity index (χ4v) is 2.02. The van der Waals surface area contributed by atoms with Gasteiger partial charge in [-0.25, -0.2) is 0 Å². The Hall–Kier alpha value is -1.24. The summed E-state index contributed by atoms with van der Waals surface area (Å²) in [4.78, 5) is 3.35. The van der Waals surface area contributed by atoms with Crippen molar-refractivity contribution in [1.29, 1.82) is 0 Å². The van der Waals surface area contributed by atoms with Crippen LogP contribution in [0.25, 0.3) is 10.9 Å². The standard InChI is InChI=1S/C14H19N/c1-10-5-6-12-11(8-14(2,3)4)9-15-13(12)7-10/h5-7,9,15H,8H2,1-4H3. The molecule has 0 aliphatic heterocycles. The number of benzene rings is 1. The van der Waals surface area contributed by atoms with Crippen molar-refractivity contribution in [3.8, 4) is 0 Å². The molecule has 0 aliphatic carbocycles. The lowest BCUT2D eigenvalue weighted by Gasteiger charge is -2.17. The minimum Gasteiger partial charge on any atom is -0.361 e. The average Bonchev–Trinajstić information content (AvgIpc) is 2.45. The van der Waals surface area contributed by atoms with Crippen LogP contribution < -0.4 is 0 Å². The van der Waals surface area contributed by atoms with Crippen LogP contribution in [0.4, 0.5) is 0 Å². The lowest BCUT2D eigenvalue weighted by atomic mass is 9.88. The molecule has 0 bridgehead atoms. The van der Waals surface area contributed by atoms with Gasteiger partial charge in [-0.05, 0) is 36.0 Å². The molecule has 0 fully saturated rings. The van der Waals surface area contributed by atoms with Crippen LogP contribution in [0, 0.1) is 12.3 Å². The van der Waals surface area contributed by atoms with Crippen molar-refractivity contribution in [3.05, 3.63) is 35.5 Å². The van der Waals surface area contributed by atoms with Crippen molar-refractivity contribution >= 4 is 10.9 Å². The molecular formula is C14H19N. The summed E-state index contributed by atoms with van der Waals surface area (Å²) in [5.74, 6) is 0. The Morgan fingerprint density at radius 1 is 1.20 bits per heavy atom. The molecule has 15 heavy (non-hydrogen) atoms. The first kappa shape index (κ1) is 10.3. The SMILES string of the molecule is Cc1ccc2c(CC(C)(C)C)c[nH]c2c1. The summed E-state index contributed by atoms with van der Waals surface area (Å²) in [6.45, 7) is 8.96. The van der Waals surface area contributed by atoms with Crippen LogP contribution in [0.3, 0.4) is 0 Å². The molecular weight excluding hydrogens is 182 g/mol. The molecule has 0 atom stereocenters. The molecule has 0 radical (unpaired) electrons. The third-order valence-electron chi connectivity index (χ3n) is 2.64. The quantitative estimate of drug-likeness (QED) is 0.716. The van der Waals surface area contributed by atoms with E-state index in [1.54, 1.807) is 0 Å². The molecule has 1 nitrogen and oxygen atoms in total. The highest BCUT2D eigenvalue weighted by atomic mass is 14.7. The topological polar surface area (TPSA) is 15.8 Å². The molecule has 1 aromatic heterocycles. The van der Waals surface area contributed by atoms with E-state index in [9.17, 15) is 0 Å². The van der Waals surface area contributed by atoms with Crippen LogP contribution in [0.2, 0.25) is 0 Å². The predicted molar refractivity (Wildman–Crippen MR) is 66.2 cm³/mol. The zero-order valence-electron chi connectivity index (χ0n) is 10.0. The van der Waals surface area contributed by atoms with Crippen LogP contribution in [0.1, 0.15) is 31.9 Å². The second-order valence-corrected chi connectivity index (χ2v) is 5.60. The fraction of sp³-hybridized carbons (Fsp3) is 0.429. The molecule has 1 heteroatoms. The summed E-state index contributed by atoms with van der Waals surface area (Å²) >= 11 is 0. The lowest BCUT2D eigenvalue weighted by Crippen LogP contribution is -2.08. The summed E-state index contributed by atoms with van der Waals surface area (Å²) in [5.41, 5.74) is 4.35. The second kappa shape index (κ2) is 3.41. The number of fused-ring (bicyclic) bond motifs is 1. The number of aromatic amines is 1. The summed E-state index contributed by atoms with van der Waals surface area (Å²) in [6, 6.07) is 6.62. The van der Waals surface area contributed by atoms with Crippen LogP contribution in [-0.2, 0) is 6.42 Å². The molecule has 2 aromatic rings. The van der Waals surface area contributed by atoms with Crippen LogP contribution >= 0.6 is 0 Å². The number of aromatic nitrogens is 1. The summed E-state index contributed by atoms with van der Waals surface area (Å²) < 4.78 is 0. The van der Waals surface area contributed by atoms with Gasteiger partial charge < -0.3 is 4.98 Å². The Kier molecular flexibility index (Phi) is 2.34. The summed E-state index contributed by atoms with van der Waals surface area (Å²) in [6.07, 6.45) is 3.27. The number of hydrogen-bond acceptors (Lipinski definition) is 0. The van der Waals surface area contributed by atoms with Crippen molar-refractivity contribution in [2.24, 2.45) is 5.41 Å².